The highest BCUT2D eigenvalue weighted by atomic mass is 19.4. The summed E-state index contributed by atoms with van der Waals surface area (Å²) in [4.78, 5) is 20.3. The molecule has 2 unspecified atom stereocenters. The molecule has 5 heterocycles. The fourth-order valence-electron chi connectivity index (χ4n) is 4.23. The van der Waals surface area contributed by atoms with Gasteiger partial charge in [-0.05, 0) is 12.0 Å². The van der Waals surface area contributed by atoms with Crippen molar-refractivity contribution in [2.45, 2.75) is 37.8 Å². The Hall–Kier alpha value is -2.69. The largest absolute Gasteiger partial charge is 0.408 e. The number of morpholine rings is 1. The quantitative estimate of drug-likeness (QED) is 0.666. The third-order valence-corrected chi connectivity index (χ3v) is 5.58. The predicted molar refractivity (Wildman–Crippen MR) is 92.1 cm³/mol. The average Bonchev–Trinajstić information content (AvgIpc) is 2.72. The van der Waals surface area contributed by atoms with E-state index in [9.17, 15) is 18.0 Å². The van der Waals surface area contributed by atoms with Crippen molar-refractivity contribution in [3.05, 3.63) is 39.9 Å². The standard InChI is InChI=1S/C17H17F3N6O2/c18-17(19,20)13-1-2-25-15(27)5-14-23-16(25)26(13)8-10-6-21-22-7-11(10)12-9-28-4-3-24(12)14/h5-7,12-13H,1-4,8-9H2. The van der Waals surface area contributed by atoms with Crippen LogP contribution in [0.4, 0.5) is 24.9 Å². The molecule has 2 bridgehead atoms. The monoisotopic (exact) mass is 394 g/mol. The maximum absolute atomic E-state index is 13.8. The number of ether oxygens (including phenoxy) is 1. The molecule has 2 aromatic rings. The van der Waals surface area contributed by atoms with E-state index < -0.39 is 12.2 Å². The van der Waals surface area contributed by atoms with Crippen molar-refractivity contribution in [1.82, 2.24) is 19.7 Å². The second-order valence-electron chi connectivity index (χ2n) is 7.13. The van der Waals surface area contributed by atoms with Gasteiger partial charge in [0.1, 0.15) is 11.9 Å². The van der Waals surface area contributed by atoms with Gasteiger partial charge in [-0.2, -0.15) is 28.4 Å². The van der Waals surface area contributed by atoms with Crippen LogP contribution in [-0.4, -0.2) is 51.7 Å². The van der Waals surface area contributed by atoms with Gasteiger partial charge in [0.15, 0.2) is 0 Å². The zero-order valence-corrected chi connectivity index (χ0v) is 14.8. The fraction of sp³-hybridized carbons (Fsp3) is 0.529. The molecular formula is C17H17F3N6O2. The van der Waals surface area contributed by atoms with Gasteiger partial charge in [-0.1, -0.05) is 0 Å². The summed E-state index contributed by atoms with van der Waals surface area (Å²) in [5.74, 6) is 0.410. The molecule has 3 aliphatic rings. The lowest BCUT2D eigenvalue weighted by atomic mass is 10.0. The molecule has 2 atom stereocenters. The van der Waals surface area contributed by atoms with Crippen LogP contribution < -0.4 is 15.4 Å². The van der Waals surface area contributed by atoms with E-state index in [0.717, 1.165) is 5.56 Å². The molecule has 3 aliphatic heterocycles. The van der Waals surface area contributed by atoms with Crippen LogP contribution in [0.5, 0.6) is 0 Å². The topological polar surface area (TPSA) is 76.4 Å². The summed E-state index contributed by atoms with van der Waals surface area (Å²) >= 11 is 0. The smallest absolute Gasteiger partial charge is 0.377 e. The summed E-state index contributed by atoms with van der Waals surface area (Å²) in [6.07, 6.45) is -1.60. The van der Waals surface area contributed by atoms with Crippen LogP contribution in [0.2, 0.25) is 0 Å². The van der Waals surface area contributed by atoms with Crippen LogP contribution in [-0.2, 0) is 17.8 Å². The lowest BCUT2D eigenvalue weighted by molar-refractivity contribution is -0.153. The van der Waals surface area contributed by atoms with Crippen molar-refractivity contribution < 1.29 is 17.9 Å². The molecule has 2 aromatic heterocycles. The van der Waals surface area contributed by atoms with Gasteiger partial charge >= 0.3 is 6.18 Å². The summed E-state index contributed by atoms with van der Waals surface area (Å²) in [6.45, 7) is 1.18. The van der Waals surface area contributed by atoms with Gasteiger partial charge in [0.25, 0.3) is 5.56 Å². The fourth-order valence-corrected chi connectivity index (χ4v) is 4.23. The summed E-state index contributed by atoms with van der Waals surface area (Å²) in [6, 6.07) is -0.616. The van der Waals surface area contributed by atoms with Crippen LogP contribution in [0.15, 0.2) is 23.3 Å². The first-order valence-corrected chi connectivity index (χ1v) is 9.02. The van der Waals surface area contributed by atoms with E-state index in [4.69, 9.17) is 4.74 Å². The predicted octanol–water partition coefficient (Wildman–Crippen LogP) is 1.27. The van der Waals surface area contributed by atoms with Crippen molar-refractivity contribution in [2.75, 3.05) is 29.6 Å². The number of halogens is 3. The normalized spacial score (nSPS) is 24.0. The molecule has 5 rings (SSSR count). The lowest BCUT2D eigenvalue weighted by Gasteiger charge is -2.39. The first-order chi connectivity index (χ1) is 13.4. The van der Waals surface area contributed by atoms with Crippen molar-refractivity contribution >= 4 is 11.8 Å². The Bertz CT molecular complexity index is 978. The van der Waals surface area contributed by atoms with Crippen molar-refractivity contribution in [3.8, 4) is 0 Å². The molecule has 1 saturated heterocycles. The molecule has 0 amide bonds. The van der Waals surface area contributed by atoms with E-state index in [2.05, 4.69) is 15.2 Å². The zero-order valence-electron chi connectivity index (χ0n) is 14.8. The van der Waals surface area contributed by atoms with Crippen LogP contribution >= 0.6 is 0 Å². The highest BCUT2D eigenvalue weighted by Gasteiger charge is 2.47. The minimum absolute atomic E-state index is 0.0177. The van der Waals surface area contributed by atoms with Crippen LogP contribution in [0.1, 0.15) is 23.6 Å². The highest BCUT2D eigenvalue weighted by Crippen LogP contribution is 2.39. The van der Waals surface area contributed by atoms with Gasteiger partial charge in [-0.3, -0.25) is 9.36 Å². The Labute approximate surface area is 157 Å². The van der Waals surface area contributed by atoms with Crippen molar-refractivity contribution in [2.24, 2.45) is 0 Å². The number of anilines is 2. The maximum Gasteiger partial charge on any atom is 0.408 e. The number of nitrogens with zero attached hydrogens (tertiary/aromatic N) is 6. The number of fused-ring (bicyclic) bond motifs is 5. The minimum atomic E-state index is -4.44. The van der Waals surface area contributed by atoms with Crippen LogP contribution in [0.25, 0.3) is 0 Å². The van der Waals surface area contributed by atoms with Crippen LogP contribution in [0, 0.1) is 0 Å². The van der Waals surface area contributed by atoms with Gasteiger partial charge in [0.2, 0.25) is 5.95 Å². The van der Waals surface area contributed by atoms with E-state index in [1.54, 1.807) is 6.20 Å². The van der Waals surface area contributed by atoms with E-state index in [-0.39, 0.29) is 37.1 Å². The summed E-state index contributed by atoms with van der Waals surface area (Å²) in [5.41, 5.74) is 1.01. The van der Waals surface area contributed by atoms with Gasteiger partial charge in [-0.15, -0.1) is 0 Å². The van der Waals surface area contributed by atoms with Gasteiger partial charge in [0, 0.05) is 31.3 Å². The minimum Gasteiger partial charge on any atom is -0.377 e. The Morgan fingerprint density at radius 2 is 1.96 bits per heavy atom. The molecule has 28 heavy (non-hydrogen) atoms. The maximum atomic E-state index is 13.8. The molecule has 0 spiro atoms. The molecule has 0 N–H and O–H groups in total. The number of hydrogen-bond acceptors (Lipinski definition) is 7. The van der Waals surface area contributed by atoms with Gasteiger partial charge in [-0.25, -0.2) is 0 Å². The first kappa shape index (κ1) is 17.4. The molecular weight excluding hydrogens is 377 g/mol. The number of aromatic nitrogens is 4. The lowest BCUT2D eigenvalue weighted by Crippen LogP contribution is -2.52. The Morgan fingerprint density at radius 1 is 1.14 bits per heavy atom. The third kappa shape index (κ3) is 2.64. The van der Waals surface area contributed by atoms with E-state index in [0.29, 0.717) is 31.1 Å². The van der Waals surface area contributed by atoms with Crippen molar-refractivity contribution in [3.63, 3.8) is 0 Å². The Morgan fingerprint density at radius 3 is 2.79 bits per heavy atom. The van der Waals surface area contributed by atoms with Gasteiger partial charge in [0.05, 0.1) is 31.6 Å². The number of rotatable bonds is 0. The average molecular weight is 394 g/mol. The molecule has 11 heteroatoms. The Balaban J connectivity index is 1.76. The van der Waals surface area contributed by atoms with E-state index in [1.807, 2.05) is 4.90 Å². The summed E-state index contributed by atoms with van der Waals surface area (Å²) in [7, 11) is 0. The molecule has 0 saturated carbocycles. The molecule has 8 nitrogen and oxygen atoms in total. The molecule has 148 valence electrons. The van der Waals surface area contributed by atoms with Crippen molar-refractivity contribution in [1.29, 1.82) is 0 Å². The summed E-state index contributed by atoms with van der Waals surface area (Å²) in [5, 5.41) is 7.81. The molecule has 0 radical (unpaired) electrons. The Kier molecular flexibility index (Phi) is 3.83. The second-order valence-corrected chi connectivity index (χ2v) is 7.13. The summed E-state index contributed by atoms with van der Waals surface area (Å²) < 4.78 is 48.3. The molecule has 1 fully saturated rings. The molecule has 0 aliphatic carbocycles. The zero-order chi connectivity index (χ0) is 19.5. The molecule has 0 aromatic carbocycles. The van der Waals surface area contributed by atoms with E-state index >= 15 is 0 Å². The third-order valence-electron chi connectivity index (χ3n) is 5.58. The second kappa shape index (κ2) is 6.16. The number of alkyl halides is 3. The first-order valence-electron chi connectivity index (χ1n) is 9.02. The van der Waals surface area contributed by atoms with Gasteiger partial charge < -0.3 is 14.5 Å². The highest BCUT2D eigenvalue weighted by molar-refractivity contribution is 5.51. The SMILES string of the molecule is O=c1cc2nc3n1CCC(C(F)(F)F)N3Cc1cnncc1C1COCCN21. The number of hydrogen-bond donors (Lipinski definition) is 0. The van der Waals surface area contributed by atoms with Crippen LogP contribution in [0.3, 0.4) is 0 Å². The van der Waals surface area contributed by atoms with E-state index in [1.165, 1.54) is 21.7 Å².